The summed E-state index contributed by atoms with van der Waals surface area (Å²) in [5.41, 5.74) is 3.31. The molecule has 7 heteroatoms. The predicted molar refractivity (Wildman–Crippen MR) is 104 cm³/mol. The van der Waals surface area contributed by atoms with Crippen molar-refractivity contribution < 1.29 is 9.53 Å². The Kier molecular flexibility index (Phi) is 5.38. The van der Waals surface area contributed by atoms with Gasteiger partial charge in [0.2, 0.25) is 0 Å². The molecular formula is C20H21ClN4O2. The summed E-state index contributed by atoms with van der Waals surface area (Å²) < 4.78 is 7.08. The van der Waals surface area contributed by atoms with Crippen LogP contribution in [-0.4, -0.2) is 46.5 Å². The highest BCUT2D eigenvalue weighted by atomic mass is 35.5. The highest BCUT2D eigenvalue weighted by Crippen LogP contribution is 2.17. The summed E-state index contributed by atoms with van der Waals surface area (Å²) in [6, 6.07) is 13.8. The van der Waals surface area contributed by atoms with E-state index in [1.165, 1.54) is 5.56 Å². The third-order valence-electron chi connectivity index (χ3n) is 4.69. The minimum Gasteiger partial charge on any atom is -0.379 e. The molecule has 1 aliphatic heterocycles. The van der Waals surface area contributed by atoms with Gasteiger partial charge in [-0.25, -0.2) is 4.98 Å². The molecule has 0 bridgehead atoms. The maximum Gasteiger partial charge on any atom is 0.271 e. The van der Waals surface area contributed by atoms with Gasteiger partial charge in [-0.2, -0.15) is 0 Å². The smallest absolute Gasteiger partial charge is 0.271 e. The average molecular weight is 385 g/mol. The minimum absolute atomic E-state index is 0.208. The van der Waals surface area contributed by atoms with E-state index < -0.39 is 0 Å². The summed E-state index contributed by atoms with van der Waals surface area (Å²) in [7, 11) is 0. The molecule has 4 rings (SSSR count). The standard InChI is InChI=1S/C20H21ClN4O2/c21-19-18(25-8-2-1-3-17(25)23-19)20(26)22-13-15-4-6-16(7-5-15)14-24-9-11-27-12-10-24/h1-8H,9-14H2,(H,22,26). The van der Waals surface area contributed by atoms with Gasteiger partial charge < -0.3 is 10.1 Å². The molecule has 1 amide bonds. The molecule has 140 valence electrons. The molecule has 1 fully saturated rings. The molecule has 1 aliphatic rings. The third kappa shape index (κ3) is 4.13. The molecule has 0 spiro atoms. The van der Waals surface area contributed by atoms with Crippen molar-refractivity contribution >= 4 is 23.2 Å². The van der Waals surface area contributed by atoms with Gasteiger partial charge in [-0.3, -0.25) is 14.1 Å². The average Bonchev–Trinajstić information content (AvgIpc) is 3.04. The molecule has 1 aromatic carbocycles. The van der Waals surface area contributed by atoms with Crippen LogP contribution in [0.1, 0.15) is 21.6 Å². The van der Waals surface area contributed by atoms with Crippen LogP contribution in [0.15, 0.2) is 48.7 Å². The van der Waals surface area contributed by atoms with Crippen LogP contribution < -0.4 is 5.32 Å². The molecule has 3 aromatic rings. The normalized spacial score (nSPS) is 15.1. The van der Waals surface area contributed by atoms with E-state index >= 15 is 0 Å². The lowest BCUT2D eigenvalue weighted by atomic mass is 10.1. The van der Waals surface area contributed by atoms with Crippen LogP contribution in [-0.2, 0) is 17.8 Å². The number of morpholine rings is 1. The van der Waals surface area contributed by atoms with Crippen LogP contribution >= 0.6 is 11.6 Å². The fraction of sp³-hybridized carbons (Fsp3) is 0.300. The molecule has 2 aromatic heterocycles. The maximum absolute atomic E-state index is 12.6. The zero-order valence-electron chi connectivity index (χ0n) is 14.9. The molecule has 0 aliphatic carbocycles. The number of halogens is 1. The van der Waals surface area contributed by atoms with Crippen LogP contribution in [0.3, 0.4) is 0 Å². The van der Waals surface area contributed by atoms with Crippen molar-refractivity contribution in [3.63, 3.8) is 0 Å². The quantitative estimate of drug-likeness (QED) is 0.734. The number of carbonyl (C=O) groups excluding carboxylic acids is 1. The summed E-state index contributed by atoms with van der Waals surface area (Å²) in [6.45, 7) is 4.90. The van der Waals surface area contributed by atoms with Gasteiger partial charge in [0.25, 0.3) is 5.91 Å². The van der Waals surface area contributed by atoms with Crippen LogP contribution in [0.25, 0.3) is 5.65 Å². The first-order valence-corrected chi connectivity index (χ1v) is 9.37. The Morgan fingerprint density at radius 1 is 1.11 bits per heavy atom. The van der Waals surface area contributed by atoms with E-state index in [1.54, 1.807) is 10.6 Å². The number of nitrogens with zero attached hydrogens (tertiary/aromatic N) is 3. The Hall–Kier alpha value is -2.41. The van der Waals surface area contributed by atoms with E-state index in [0.717, 1.165) is 38.4 Å². The molecule has 0 saturated carbocycles. The third-order valence-corrected chi connectivity index (χ3v) is 4.95. The van der Waals surface area contributed by atoms with Gasteiger partial charge >= 0.3 is 0 Å². The molecule has 0 radical (unpaired) electrons. The van der Waals surface area contributed by atoms with Crippen molar-refractivity contribution in [2.24, 2.45) is 0 Å². The van der Waals surface area contributed by atoms with E-state index in [2.05, 4.69) is 27.3 Å². The maximum atomic E-state index is 12.6. The molecule has 1 saturated heterocycles. The van der Waals surface area contributed by atoms with Crippen LogP contribution in [0, 0.1) is 0 Å². The topological polar surface area (TPSA) is 58.9 Å². The fourth-order valence-corrected chi connectivity index (χ4v) is 3.48. The molecule has 6 nitrogen and oxygen atoms in total. The number of hydrogen-bond donors (Lipinski definition) is 1. The van der Waals surface area contributed by atoms with Crippen molar-refractivity contribution in [1.82, 2.24) is 19.6 Å². The number of rotatable bonds is 5. The largest absolute Gasteiger partial charge is 0.379 e. The molecule has 27 heavy (non-hydrogen) atoms. The Labute approximate surface area is 162 Å². The van der Waals surface area contributed by atoms with Gasteiger partial charge in [0.15, 0.2) is 10.8 Å². The Morgan fingerprint density at radius 2 is 1.85 bits per heavy atom. The highest BCUT2D eigenvalue weighted by Gasteiger charge is 2.17. The first-order chi connectivity index (χ1) is 13.2. The number of benzene rings is 1. The number of pyridine rings is 1. The van der Waals surface area contributed by atoms with E-state index in [1.807, 2.05) is 30.3 Å². The molecule has 1 N–H and O–H groups in total. The van der Waals surface area contributed by atoms with Gasteiger partial charge in [-0.15, -0.1) is 0 Å². The minimum atomic E-state index is -0.240. The highest BCUT2D eigenvalue weighted by molar-refractivity contribution is 6.32. The van der Waals surface area contributed by atoms with Crippen molar-refractivity contribution in [2.45, 2.75) is 13.1 Å². The first kappa shape index (κ1) is 18.0. The number of nitrogens with one attached hydrogen (secondary N) is 1. The lowest BCUT2D eigenvalue weighted by Crippen LogP contribution is -2.35. The Morgan fingerprint density at radius 3 is 2.63 bits per heavy atom. The number of carbonyl (C=O) groups is 1. The van der Waals surface area contributed by atoms with Crippen molar-refractivity contribution in [3.8, 4) is 0 Å². The first-order valence-electron chi connectivity index (χ1n) is 8.99. The van der Waals surface area contributed by atoms with Gasteiger partial charge in [0.1, 0.15) is 5.65 Å². The molecule has 3 heterocycles. The number of imidazole rings is 1. The second kappa shape index (κ2) is 8.08. The molecular weight excluding hydrogens is 364 g/mol. The fourth-order valence-electron chi connectivity index (χ4n) is 3.22. The second-order valence-corrected chi connectivity index (χ2v) is 6.93. The summed E-state index contributed by atoms with van der Waals surface area (Å²) in [4.78, 5) is 19.2. The van der Waals surface area contributed by atoms with E-state index in [0.29, 0.717) is 17.9 Å². The van der Waals surface area contributed by atoms with Gasteiger partial charge in [0, 0.05) is 32.4 Å². The second-order valence-electron chi connectivity index (χ2n) is 6.57. The van der Waals surface area contributed by atoms with Gasteiger partial charge in [0.05, 0.1) is 13.2 Å². The number of hydrogen-bond acceptors (Lipinski definition) is 4. The van der Waals surface area contributed by atoms with Gasteiger partial charge in [-0.05, 0) is 23.3 Å². The zero-order chi connectivity index (χ0) is 18.6. The number of amides is 1. The van der Waals surface area contributed by atoms with E-state index in [4.69, 9.17) is 16.3 Å². The summed E-state index contributed by atoms with van der Waals surface area (Å²) in [5.74, 6) is -0.240. The van der Waals surface area contributed by atoms with E-state index in [9.17, 15) is 4.79 Å². The zero-order valence-corrected chi connectivity index (χ0v) is 15.7. The predicted octanol–water partition coefficient (Wildman–Crippen LogP) is 2.75. The van der Waals surface area contributed by atoms with Crippen LogP contribution in [0.2, 0.25) is 5.15 Å². The number of aromatic nitrogens is 2. The van der Waals surface area contributed by atoms with Gasteiger partial charge in [-0.1, -0.05) is 41.9 Å². The van der Waals surface area contributed by atoms with E-state index in [-0.39, 0.29) is 11.1 Å². The SMILES string of the molecule is O=C(NCc1ccc(CN2CCOCC2)cc1)c1c(Cl)nc2ccccn12. The van der Waals surface area contributed by atoms with Crippen molar-refractivity contribution in [2.75, 3.05) is 26.3 Å². The summed E-state index contributed by atoms with van der Waals surface area (Å²) in [6.07, 6.45) is 1.78. The van der Waals surface area contributed by atoms with Crippen LogP contribution in [0.4, 0.5) is 0 Å². The van der Waals surface area contributed by atoms with Crippen molar-refractivity contribution in [3.05, 3.63) is 70.6 Å². The molecule has 0 unspecified atom stereocenters. The Bertz CT molecular complexity index is 933. The lowest BCUT2D eigenvalue weighted by molar-refractivity contribution is 0.0342. The number of fused-ring (bicyclic) bond motifs is 1. The summed E-state index contributed by atoms with van der Waals surface area (Å²) >= 11 is 6.15. The Balaban J connectivity index is 1.38. The summed E-state index contributed by atoms with van der Waals surface area (Å²) in [5, 5.41) is 3.13. The monoisotopic (exact) mass is 384 g/mol. The molecule has 0 atom stereocenters. The van der Waals surface area contributed by atoms with Crippen molar-refractivity contribution in [1.29, 1.82) is 0 Å². The van der Waals surface area contributed by atoms with Crippen LogP contribution in [0.5, 0.6) is 0 Å². The number of ether oxygens (including phenoxy) is 1. The lowest BCUT2D eigenvalue weighted by Gasteiger charge is -2.26.